The predicted octanol–water partition coefficient (Wildman–Crippen LogP) is 2.98. The summed E-state index contributed by atoms with van der Waals surface area (Å²) in [6, 6.07) is 4.95. The molecule has 2 fully saturated rings. The number of anilines is 2. The lowest BCUT2D eigenvalue weighted by atomic mass is 9.77. The normalized spacial score (nSPS) is 25.7. The summed E-state index contributed by atoms with van der Waals surface area (Å²) in [5.74, 6) is 1.82. The summed E-state index contributed by atoms with van der Waals surface area (Å²) < 4.78 is 14.7. The quantitative estimate of drug-likeness (QED) is 0.797. The lowest BCUT2D eigenvalue weighted by molar-refractivity contribution is -0.119. The number of fused-ring (bicyclic) bond motifs is 2. The fraction of sp³-hybridized carbons (Fsp3) is 0.500. The third-order valence-corrected chi connectivity index (χ3v) is 7.17. The van der Waals surface area contributed by atoms with E-state index in [2.05, 4.69) is 46.2 Å². The minimum Gasteiger partial charge on any atom is -0.487 e. The standard InChI is InChI=1S/C24H29N5O2/c1-23(2)14-17-12-19(28-9-4-21-25-7-3-8-29(21)28)18(13-20(17)31-23)27-10-5-24(6-11-27)15-22(30)26-16-24/h3-4,7-8,12-13H,5-6,9-11,14-16H2,1-2H3,(H,26,30)/i4D. The first-order valence-electron chi connectivity index (χ1n) is 11.7. The van der Waals surface area contributed by atoms with E-state index in [0.717, 1.165) is 56.0 Å². The minimum absolute atomic E-state index is 0.101. The van der Waals surface area contributed by atoms with Crippen LogP contribution < -0.4 is 20.0 Å². The van der Waals surface area contributed by atoms with E-state index in [1.165, 1.54) is 5.56 Å². The highest BCUT2D eigenvalue weighted by Crippen LogP contribution is 2.46. The third-order valence-electron chi connectivity index (χ3n) is 7.17. The van der Waals surface area contributed by atoms with E-state index in [1.807, 2.05) is 17.3 Å². The van der Waals surface area contributed by atoms with Crippen molar-refractivity contribution in [2.75, 3.05) is 36.1 Å². The Kier molecular flexibility index (Phi) is 3.72. The second-order valence-electron chi connectivity index (χ2n) is 9.95. The number of hydrogen-bond acceptors (Lipinski definition) is 6. The Bertz CT molecular complexity index is 1080. The Balaban J connectivity index is 1.36. The molecule has 1 aromatic rings. The average molecular weight is 421 g/mol. The van der Waals surface area contributed by atoms with Crippen LogP contribution in [0.2, 0.25) is 0 Å². The lowest BCUT2D eigenvalue weighted by Crippen LogP contribution is -2.42. The van der Waals surface area contributed by atoms with Crippen LogP contribution in [0.5, 0.6) is 5.75 Å². The third kappa shape index (κ3) is 3.09. The van der Waals surface area contributed by atoms with Crippen LogP contribution in [0.3, 0.4) is 0 Å². The molecular formula is C24H29N5O2. The minimum atomic E-state index is -0.218. The van der Waals surface area contributed by atoms with Crippen molar-refractivity contribution in [3.05, 3.63) is 41.8 Å². The van der Waals surface area contributed by atoms with Crippen LogP contribution in [0, 0.1) is 5.41 Å². The van der Waals surface area contributed by atoms with Gasteiger partial charge in [-0.2, -0.15) is 0 Å². The van der Waals surface area contributed by atoms with E-state index in [4.69, 9.17) is 6.11 Å². The van der Waals surface area contributed by atoms with Gasteiger partial charge in [-0.05, 0) is 50.3 Å². The lowest BCUT2D eigenvalue weighted by Gasteiger charge is -2.41. The molecule has 5 aliphatic heterocycles. The molecule has 0 aliphatic carbocycles. The van der Waals surface area contributed by atoms with E-state index in [1.54, 1.807) is 6.21 Å². The summed E-state index contributed by atoms with van der Waals surface area (Å²) in [6.45, 7) is 7.34. The fourth-order valence-corrected chi connectivity index (χ4v) is 5.52. The first-order chi connectivity index (χ1) is 15.3. The molecule has 0 aromatic heterocycles. The van der Waals surface area contributed by atoms with Gasteiger partial charge in [0.15, 0.2) is 0 Å². The largest absolute Gasteiger partial charge is 0.487 e. The van der Waals surface area contributed by atoms with Gasteiger partial charge >= 0.3 is 0 Å². The van der Waals surface area contributed by atoms with Crippen LogP contribution >= 0.6 is 0 Å². The van der Waals surface area contributed by atoms with Gasteiger partial charge in [0.05, 0.1) is 19.3 Å². The zero-order valence-corrected chi connectivity index (χ0v) is 18.1. The number of rotatable bonds is 2. The van der Waals surface area contributed by atoms with Crippen LogP contribution in [-0.2, 0) is 11.2 Å². The number of hydrazine groups is 1. The predicted molar refractivity (Wildman–Crippen MR) is 121 cm³/mol. The molecule has 162 valence electrons. The molecule has 31 heavy (non-hydrogen) atoms. The molecule has 0 bridgehead atoms. The summed E-state index contributed by atoms with van der Waals surface area (Å²) in [4.78, 5) is 18.7. The van der Waals surface area contributed by atoms with E-state index in [9.17, 15) is 4.79 Å². The Hall–Kier alpha value is -2.96. The summed E-state index contributed by atoms with van der Waals surface area (Å²) in [5.41, 5.74) is 3.31. The number of aliphatic imine (C=N–C) groups is 1. The van der Waals surface area contributed by atoms with Gasteiger partial charge in [0.1, 0.15) is 17.2 Å². The Morgan fingerprint density at radius 3 is 2.81 bits per heavy atom. The SMILES string of the molecule is [2H]C1=C2N=CC=CN2N(c2cc3c(cc2N2CCC4(CC2)CNC(=O)C4)OC(C)(C)C3)C1. The molecule has 1 aromatic carbocycles. The van der Waals surface area contributed by atoms with Crippen LogP contribution in [0.25, 0.3) is 0 Å². The molecule has 5 heterocycles. The van der Waals surface area contributed by atoms with E-state index in [-0.39, 0.29) is 16.9 Å². The fourth-order valence-electron chi connectivity index (χ4n) is 5.52. The second-order valence-corrected chi connectivity index (χ2v) is 9.95. The van der Waals surface area contributed by atoms with E-state index < -0.39 is 0 Å². The number of nitrogens with one attached hydrogen (secondary N) is 1. The highest BCUT2D eigenvalue weighted by molar-refractivity contribution is 5.80. The van der Waals surface area contributed by atoms with Gasteiger partial charge in [-0.25, -0.2) is 10.0 Å². The zero-order chi connectivity index (χ0) is 22.1. The second kappa shape index (κ2) is 6.52. The molecule has 1 N–H and O–H groups in total. The van der Waals surface area contributed by atoms with Crippen molar-refractivity contribution in [1.82, 2.24) is 10.3 Å². The Morgan fingerprint density at radius 2 is 2.03 bits per heavy atom. The summed E-state index contributed by atoms with van der Waals surface area (Å²) >= 11 is 0. The van der Waals surface area contributed by atoms with Gasteiger partial charge in [-0.15, -0.1) is 0 Å². The molecule has 0 unspecified atom stereocenters. The smallest absolute Gasteiger partial charge is 0.220 e. The monoisotopic (exact) mass is 420 g/mol. The number of hydrogen-bond donors (Lipinski definition) is 1. The van der Waals surface area contributed by atoms with Gasteiger partial charge in [0, 0.05) is 56.5 Å². The summed E-state index contributed by atoms with van der Waals surface area (Å²) in [5, 5.41) is 7.17. The molecule has 0 saturated carbocycles. The Labute approximate surface area is 184 Å². The first-order valence-corrected chi connectivity index (χ1v) is 11.2. The van der Waals surface area contributed by atoms with Crippen molar-refractivity contribution in [3.8, 4) is 5.75 Å². The van der Waals surface area contributed by atoms with Crippen molar-refractivity contribution in [2.24, 2.45) is 10.4 Å². The molecule has 1 amide bonds. The van der Waals surface area contributed by atoms with E-state index in [0.29, 0.717) is 24.8 Å². The molecule has 0 atom stereocenters. The number of benzene rings is 1. The average Bonchev–Trinajstić information content (AvgIpc) is 3.39. The number of piperidine rings is 1. The molecule has 1 spiro atoms. The number of carbonyl (C=O) groups is 1. The van der Waals surface area contributed by atoms with Crippen molar-refractivity contribution >= 4 is 23.5 Å². The van der Waals surface area contributed by atoms with Gasteiger partial charge in [-0.3, -0.25) is 9.80 Å². The molecule has 2 saturated heterocycles. The van der Waals surface area contributed by atoms with Crippen molar-refractivity contribution in [2.45, 2.75) is 45.1 Å². The summed E-state index contributed by atoms with van der Waals surface area (Å²) in [7, 11) is 0. The van der Waals surface area contributed by atoms with Crippen LogP contribution in [0.4, 0.5) is 11.4 Å². The van der Waals surface area contributed by atoms with E-state index >= 15 is 0 Å². The Morgan fingerprint density at radius 1 is 1.19 bits per heavy atom. The number of nitrogens with zero attached hydrogens (tertiary/aromatic N) is 4. The highest BCUT2D eigenvalue weighted by Gasteiger charge is 2.42. The maximum Gasteiger partial charge on any atom is 0.220 e. The molecular weight excluding hydrogens is 390 g/mol. The van der Waals surface area contributed by atoms with Crippen molar-refractivity contribution in [1.29, 1.82) is 0 Å². The number of ether oxygens (including phenoxy) is 1. The summed E-state index contributed by atoms with van der Waals surface area (Å²) in [6.07, 6.45) is 9.12. The maximum atomic E-state index is 11.9. The van der Waals surface area contributed by atoms with Crippen LogP contribution in [0.15, 0.2) is 41.3 Å². The topological polar surface area (TPSA) is 60.4 Å². The number of allylic oxidation sites excluding steroid dienone is 1. The number of carbonyl (C=O) groups excluding carboxylic acids is 1. The molecule has 7 heteroatoms. The van der Waals surface area contributed by atoms with Crippen molar-refractivity contribution in [3.63, 3.8) is 0 Å². The van der Waals surface area contributed by atoms with Crippen LogP contribution in [0.1, 0.15) is 40.0 Å². The molecule has 6 rings (SSSR count). The van der Waals surface area contributed by atoms with Gasteiger partial charge in [-0.1, -0.05) is 0 Å². The van der Waals surface area contributed by atoms with Gasteiger partial charge in [0.2, 0.25) is 5.91 Å². The molecule has 0 radical (unpaired) electrons. The van der Waals surface area contributed by atoms with Gasteiger partial charge < -0.3 is 15.0 Å². The highest BCUT2D eigenvalue weighted by atomic mass is 16.5. The van der Waals surface area contributed by atoms with Gasteiger partial charge in [0.25, 0.3) is 0 Å². The first kappa shape index (κ1) is 17.7. The van der Waals surface area contributed by atoms with Crippen LogP contribution in [-0.4, -0.2) is 48.9 Å². The zero-order valence-electron chi connectivity index (χ0n) is 19.1. The maximum absolute atomic E-state index is 11.9. The van der Waals surface area contributed by atoms with Crippen molar-refractivity contribution < 1.29 is 10.9 Å². The molecule has 5 aliphatic rings. The molecule has 7 nitrogen and oxygen atoms in total. The number of amides is 1.